The van der Waals surface area contributed by atoms with Crippen molar-refractivity contribution < 1.29 is 17.6 Å². The minimum Gasteiger partial charge on any atom is -0.333 e. The summed E-state index contributed by atoms with van der Waals surface area (Å²) in [6, 6.07) is 4.62. The van der Waals surface area contributed by atoms with Crippen molar-refractivity contribution in [1.29, 1.82) is 0 Å². The summed E-state index contributed by atoms with van der Waals surface area (Å²) in [5, 5.41) is 0. The standard InChI is InChI=1S/C15H22FNO3S/c1-11-7-6-8-12(13(11)16)14(18)17(15(2,3)4)9-10-21(5,19)20/h6-8H,9-10H2,1-5H3. The van der Waals surface area contributed by atoms with E-state index in [1.54, 1.807) is 39.8 Å². The predicted molar refractivity (Wildman–Crippen MR) is 81.6 cm³/mol. The molecule has 21 heavy (non-hydrogen) atoms. The summed E-state index contributed by atoms with van der Waals surface area (Å²) in [6.45, 7) is 7.00. The highest BCUT2D eigenvalue weighted by Gasteiger charge is 2.29. The molecule has 0 N–H and O–H groups in total. The Morgan fingerprint density at radius 1 is 1.29 bits per heavy atom. The van der Waals surface area contributed by atoms with E-state index in [0.717, 1.165) is 6.26 Å². The number of rotatable bonds is 4. The number of amides is 1. The van der Waals surface area contributed by atoms with Crippen LogP contribution in [0.15, 0.2) is 18.2 Å². The molecule has 0 aliphatic rings. The van der Waals surface area contributed by atoms with Gasteiger partial charge in [0.25, 0.3) is 5.91 Å². The molecule has 0 aromatic heterocycles. The van der Waals surface area contributed by atoms with Crippen molar-refractivity contribution in [2.24, 2.45) is 0 Å². The monoisotopic (exact) mass is 315 g/mol. The smallest absolute Gasteiger partial charge is 0.257 e. The third-order valence-corrected chi connectivity index (χ3v) is 4.09. The van der Waals surface area contributed by atoms with Gasteiger partial charge in [0, 0.05) is 18.3 Å². The molecular weight excluding hydrogens is 293 g/mol. The lowest BCUT2D eigenvalue weighted by Gasteiger charge is -2.35. The van der Waals surface area contributed by atoms with Crippen LogP contribution in [0.4, 0.5) is 4.39 Å². The average molecular weight is 315 g/mol. The fraction of sp³-hybridized carbons (Fsp3) is 0.533. The van der Waals surface area contributed by atoms with Crippen LogP contribution in [0.25, 0.3) is 0 Å². The largest absolute Gasteiger partial charge is 0.333 e. The van der Waals surface area contributed by atoms with Crippen LogP contribution in [0.1, 0.15) is 36.7 Å². The Balaban J connectivity index is 3.15. The van der Waals surface area contributed by atoms with Gasteiger partial charge in [-0.2, -0.15) is 0 Å². The highest BCUT2D eigenvalue weighted by atomic mass is 32.2. The molecule has 0 aliphatic heterocycles. The summed E-state index contributed by atoms with van der Waals surface area (Å²) in [4.78, 5) is 14.0. The van der Waals surface area contributed by atoms with Gasteiger partial charge in [0.2, 0.25) is 0 Å². The van der Waals surface area contributed by atoms with Crippen LogP contribution in [0.2, 0.25) is 0 Å². The molecule has 0 radical (unpaired) electrons. The maximum Gasteiger partial charge on any atom is 0.257 e. The summed E-state index contributed by atoms with van der Waals surface area (Å²) in [7, 11) is -3.20. The zero-order valence-corrected chi connectivity index (χ0v) is 13.9. The van der Waals surface area contributed by atoms with Gasteiger partial charge in [-0.1, -0.05) is 12.1 Å². The van der Waals surface area contributed by atoms with Crippen LogP contribution < -0.4 is 0 Å². The number of sulfone groups is 1. The second-order valence-electron chi connectivity index (χ2n) is 6.19. The molecule has 0 aliphatic carbocycles. The summed E-state index contributed by atoms with van der Waals surface area (Å²) >= 11 is 0. The first-order chi connectivity index (χ1) is 9.43. The quantitative estimate of drug-likeness (QED) is 0.857. The third-order valence-electron chi connectivity index (χ3n) is 3.16. The second kappa shape index (κ2) is 6.13. The van der Waals surface area contributed by atoms with Crippen LogP contribution >= 0.6 is 0 Å². The molecule has 0 heterocycles. The van der Waals surface area contributed by atoms with Gasteiger partial charge >= 0.3 is 0 Å². The maximum atomic E-state index is 14.1. The van der Waals surface area contributed by atoms with Crippen molar-refractivity contribution in [2.45, 2.75) is 33.2 Å². The van der Waals surface area contributed by atoms with Crippen LogP contribution in [-0.4, -0.2) is 43.3 Å². The van der Waals surface area contributed by atoms with Crippen LogP contribution in [0, 0.1) is 12.7 Å². The lowest BCUT2D eigenvalue weighted by Crippen LogP contribution is -2.48. The number of aryl methyl sites for hydroxylation is 1. The predicted octanol–water partition coefficient (Wildman–Crippen LogP) is 2.42. The fourth-order valence-electron chi connectivity index (χ4n) is 1.96. The van der Waals surface area contributed by atoms with Crippen LogP contribution in [0.5, 0.6) is 0 Å². The first kappa shape index (κ1) is 17.6. The number of hydrogen-bond donors (Lipinski definition) is 0. The van der Waals surface area contributed by atoms with E-state index in [-0.39, 0.29) is 17.9 Å². The number of carbonyl (C=O) groups excluding carboxylic acids is 1. The zero-order valence-electron chi connectivity index (χ0n) is 13.1. The van der Waals surface area contributed by atoms with Crippen molar-refractivity contribution in [3.63, 3.8) is 0 Å². The number of nitrogens with zero attached hydrogens (tertiary/aromatic N) is 1. The Morgan fingerprint density at radius 3 is 2.33 bits per heavy atom. The molecule has 0 bridgehead atoms. The van der Waals surface area contributed by atoms with Crippen molar-refractivity contribution in [2.75, 3.05) is 18.6 Å². The molecule has 1 rings (SSSR count). The number of benzene rings is 1. The van der Waals surface area contributed by atoms with Crippen molar-refractivity contribution in [3.05, 3.63) is 35.1 Å². The molecule has 0 saturated carbocycles. The van der Waals surface area contributed by atoms with Crippen molar-refractivity contribution in [3.8, 4) is 0 Å². The average Bonchev–Trinajstić information content (AvgIpc) is 2.29. The number of halogens is 1. The molecule has 1 amide bonds. The van der Waals surface area contributed by atoms with Crippen LogP contribution in [0.3, 0.4) is 0 Å². The fourth-order valence-corrected chi connectivity index (χ4v) is 2.47. The van der Waals surface area contributed by atoms with Gasteiger partial charge in [-0.15, -0.1) is 0 Å². The van der Waals surface area contributed by atoms with Gasteiger partial charge in [0.05, 0.1) is 11.3 Å². The summed E-state index contributed by atoms with van der Waals surface area (Å²) < 4.78 is 36.8. The number of hydrogen-bond acceptors (Lipinski definition) is 3. The molecule has 0 unspecified atom stereocenters. The van der Waals surface area contributed by atoms with Gasteiger partial charge in [-0.3, -0.25) is 4.79 Å². The van der Waals surface area contributed by atoms with E-state index in [1.807, 2.05) is 0 Å². The van der Waals surface area contributed by atoms with E-state index in [2.05, 4.69) is 0 Å². The third kappa shape index (κ3) is 4.81. The summed E-state index contributed by atoms with van der Waals surface area (Å²) in [6.07, 6.45) is 1.12. The molecule has 4 nitrogen and oxygen atoms in total. The Kier molecular flexibility index (Phi) is 5.15. The van der Waals surface area contributed by atoms with Gasteiger partial charge in [-0.25, -0.2) is 12.8 Å². The Bertz CT molecular complexity index is 633. The lowest BCUT2D eigenvalue weighted by molar-refractivity contribution is 0.0596. The molecular formula is C15H22FNO3S. The SMILES string of the molecule is Cc1cccc(C(=O)N(CCS(C)(=O)=O)C(C)(C)C)c1F. The minimum absolute atomic E-state index is 0.0292. The summed E-state index contributed by atoms with van der Waals surface area (Å²) in [5.41, 5.74) is -0.242. The van der Waals surface area contributed by atoms with E-state index in [0.29, 0.717) is 5.56 Å². The Labute approximate surface area is 125 Å². The van der Waals surface area contributed by atoms with E-state index in [9.17, 15) is 17.6 Å². The van der Waals surface area contributed by atoms with Gasteiger partial charge < -0.3 is 4.90 Å². The molecule has 0 spiro atoms. The highest BCUT2D eigenvalue weighted by molar-refractivity contribution is 7.90. The second-order valence-corrected chi connectivity index (χ2v) is 8.45. The number of carbonyl (C=O) groups is 1. The minimum atomic E-state index is -3.20. The van der Waals surface area contributed by atoms with Gasteiger partial charge in [0.15, 0.2) is 0 Å². The topological polar surface area (TPSA) is 54.5 Å². The van der Waals surface area contributed by atoms with Crippen molar-refractivity contribution >= 4 is 15.7 Å². The van der Waals surface area contributed by atoms with E-state index >= 15 is 0 Å². The first-order valence-electron chi connectivity index (χ1n) is 6.68. The molecule has 6 heteroatoms. The molecule has 0 atom stereocenters. The van der Waals surface area contributed by atoms with E-state index < -0.39 is 27.1 Å². The molecule has 118 valence electrons. The van der Waals surface area contributed by atoms with Gasteiger partial charge in [-0.05, 0) is 39.3 Å². The van der Waals surface area contributed by atoms with E-state index in [1.165, 1.54) is 11.0 Å². The molecule has 1 aromatic carbocycles. The summed E-state index contributed by atoms with van der Waals surface area (Å²) in [5.74, 6) is -1.20. The molecule has 0 fully saturated rings. The Hall–Kier alpha value is -1.43. The first-order valence-corrected chi connectivity index (χ1v) is 8.74. The maximum absolute atomic E-state index is 14.1. The van der Waals surface area contributed by atoms with Crippen molar-refractivity contribution in [1.82, 2.24) is 4.90 Å². The molecule has 1 aromatic rings. The van der Waals surface area contributed by atoms with Gasteiger partial charge in [0.1, 0.15) is 15.7 Å². The normalized spacial score (nSPS) is 12.3. The highest BCUT2D eigenvalue weighted by Crippen LogP contribution is 2.20. The lowest BCUT2D eigenvalue weighted by atomic mass is 10.0. The van der Waals surface area contributed by atoms with Crippen LogP contribution in [-0.2, 0) is 9.84 Å². The van der Waals surface area contributed by atoms with E-state index in [4.69, 9.17) is 0 Å². The Morgan fingerprint density at radius 2 is 1.86 bits per heavy atom. The zero-order chi connectivity index (χ0) is 16.4. The molecule has 0 saturated heterocycles.